The Morgan fingerprint density at radius 1 is 0.944 bits per heavy atom. The van der Waals surface area contributed by atoms with Gasteiger partial charge in [-0.3, -0.25) is 4.79 Å². The molecule has 188 valence electrons. The maximum atomic E-state index is 13.9. The highest BCUT2D eigenvalue weighted by atomic mass is 19.1. The molecule has 0 saturated carbocycles. The summed E-state index contributed by atoms with van der Waals surface area (Å²) < 4.78 is 27.0. The lowest BCUT2D eigenvalue weighted by atomic mass is 9.97. The Balaban J connectivity index is 1.49. The Hall–Kier alpha value is -3.94. The standard InChI is InChI=1S/C28H30F2N4O2/c1-19-12-15-34(16-13-19)26-10-8-22(32-28(36)33-25-9-7-21(29)17-24(25)30)18-23(26)27(35)31-14-11-20-5-3-2-4-6-20/h2-10,17-19H,11-16H2,1H3,(H,31,35)(H2,32,33,36). The van der Waals surface area contributed by atoms with E-state index < -0.39 is 17.7 Å². The summed E-state index contributed by atoms with van der Waals surface area (Å²) in [5.74, 6) is -1.20. The predicted molar refractivity (Wildman–Crippen MR) is 139 cm³/mol. The summed E-state index contributed by atoms with van der Waals surface area (Å²) in [4.78, 5) is 27.9. The minimum absolute atomic E-state index is 0.146. The van der Waals surface area contributed by atoms with Gasteiger partial charge >= 0.3 is 6.03 Å². The Morgan fingerprint density at radius 2 is 1.69 bits per heavy atom. The molecule has 0 aliphatic carbocycles. The van der Waals surface area contributed by atoms with Crippen LogP contribution in [0.5, 0.6) is 0 Å². The van der Waals surface area contributed by atoms with Crippen molar-refractivity contribution < 1.29 is 18.4 Å². The SMILES string of the molecule is CC1CCN(c2ccc(NC(=O)Nc3ccc(F)cc3F)cc2C(=O)NCCc2ccccc2)CC1. The van der Waals surface area contributed by atoms with Gasteiger partial charge in [0.1, 0.15) is 11.6 Å². The Labute approximate surface area is 209 Å². The van der Waals surface area contributed by atoms with Crippen molar-refractivity contribution in [3.63, 3.8) is 0 Å². The van der Waals surface area contributed by atoms with Crippen LogP contribution < -0.4 is 20.9 Å². The molecular weight excluding hydrogens is 462 g/mol. The van der Waals surface area contributed by atoms with Crippen molar-refractivity contribution in [3.8, 4) is 0 Å². The maximum Gasteiger partial charge on any atom is 0.323 e. The molecule has 0 spiro atoms. The van der Waals surface area contributed by atoms with E-state index in [-0.39, 0.29) is 11.6 Å². The van der Waals surface area contributed by atoms with Crippen molar-refractivity contribution in [2.75, 3.05) is 35.2 Å². The van der Waals surface area contributed by atoms with Gasteiger partial charge in [-0.1, -0.05) is 37.3 Å². The molecule has 1 heterocycles. The van der Waals surface area contributed by atoms with Crippen LogP contribution in [0.25, 0.3) is 0 Å². The van der Waals surface area contributed by atoms with Gasteiger partial charge < -0.3 is 20.9 Å². The fraction of sp³-hybridized carbons (Fsp3) is 0.286. The number of hydrogen-bond donors (Lipinski definition) is 3. The monoisotopic (exact) mass is 492 g/mol. The van der Waals surface area contributed by atoms with Crippen LogP contribution >= 0.6 is 0 Å². The zero-order chi connectivity index (χ0) is 25.5. The maximum absolute atomic E-state index is 13.9. The number of amides is 3. The van der Waals surface area contributed by atoms with Crippen molar-refractivity contribution in [3.05, 3.63) is 89.5 Å². The number of rotatable bonds is 7. The first-order valence-corrected chi connectivity index (χ1v) is 12.1. The molecule has 1 aliphatic rings. The van der Waals surface area contributed by atoms with Crippen molar-refractivity contribution in [2.24, 2.45) is 5.92 Å². The number of carbonyl (C=O) groups is 2. The molecule has 3 aromatic carbocycles. The summed E-state index contributed by atoms with van der Waals surface area (Å²) in [6.45, 7) is 4.40. The van der Waals surface area contributed by atoms with E-state index >= 15 is 0 Å². The topological polar surface area (TPSA) is 73.5 Å². The number of urea groups is 1. The summed E-state index contributed by atoms with van der Waals surface area (Å²) in [7, 11) is 0. The first-order chi connectivity index (χ1) is 17.4. The average molecular weight is 493 g/mol. The number of piperidine rings is 1. The third kappa shape index (κ3) is 6.59. The van der Waals surface area contributed by atoms with E-state index in [2.05, 4.69) is 27.8 Å². The molecule has 0 unspecified atom stereocenters. The predicted octanol–water partition coefficient (Wildman–Crippen LogP) is 5.82. The quantitative estimate of drug-likeness (QED) is 0.389. The van der Waals surface area contributed by atoms with Gasteiger partial charge in [-0.05, 0) is 61.1 Å². The zero-order valence-electron chi connectivity index (χ0n) is 20.2. The number of anilines is 3. The van der Waals surface area contributed by atoms with E-state index in [4.69, 9.17) is 0 Å². The number of carbonyl (C=O) groups excluding carboxylic acids is 2. The molecule has 0 bridgehead atoms. The van der Waals surface area contributed by atoms with Gasteiger partial charge in [0, 0.05) is 37.1 Å². The van der Waals surface area contributed by atoms with Crippen LogP contribution in [0.1, 0.15) is 35.7 Å². The number of halogens is 2. The van der Waals surface area contributed by atoms with Gasteiger partial charge in [-0.15, -0.1) is 0 Å². The minimum atomic E-state index is -0.877. The third-order valence-corrected chi connectivity index (χ3v) is 6.34. The van der Waals surface area contributed by atoms with Crippen LogP contribution in [0.4, 0.5) is 30.6 Å². The summed E-state index contributed by atoms with van der Waals surface area (Å²) in [6.07, 6.45) is 2.79. The van der Waals surface area contributed by atoms with Crippen molar-refractivity contribution in [1.29, 1.82) is 0 Å². The second-order valence-corrected chi connectivity index (χ2v) is 9.10. The van der Waals surface area contributed by atoms with Gasteiger partial charge in [0.05, 0.1) is 11.3 Å². The number of benzene rings is 3. The number of nitrogens with one attached hydrogen (secondary N) is 3. The Bertz CT molecular complexity index is 1210. The minimum Gasteiger partial charge on any atom is -0.371 e. The van der Waals surface area contributed by atoms with Crippen LogP contribution in [-0.4, -0.2) is 31.6 Å². The fourth-order valence-electron chi connectivity index (χ4n) is 4.26. The van der Waals surface area contributed by atoms with Crippen LogP contribution in [-0.2, 0) is 6.42 Å². The molecular formula is C28H30F2N4O2. The number of nitrogens with zero attached hydrogens (tertiary/aromatic N) is 1. The Kier molecular flexibility index (Phi) is 8.15. The van der Waals surface area contributed by atoms with E-state index in [1.807, 2.05) is 36.4 Å². The largest absolute Gasteiger partial charge is 0.371 e. The fourth-order valence-corrected chi connectivity index (χ4v) is 4.26. The lowest BCUT2D eigenvalue weighted by Crippen LogP contribution is -2.35. The molecule has 1 aliphatic heterocycles. The summed E-state index contributed by atoms with van der Waals surface area (Å²) >= 11 is 0. The third-order valence-electron chi connectivity index (χ3n) is 6.34. The molecule has 4 rings (SSSR count). The zero-order valence-corrected chi connectivity index (χ0v) is 20.2. The summed E-state index contributed by atoms with van der Waals surface area (Å²) in [5, 5.41) is 7.99. The van der Waals surface area contributed by atoms with Gasteiger partial charge in [-0.25, -0.2) is 13.6 Å². The first-order valence-electron chi connectivity index (χ1n) is 12.1. The normalized spacial score (nSPS) is 13.8. The molecule has 0 aromatic heterocycles. The van der Waals surface area contributed by atoms with Crippen LogP contribution in [0, 0.1) is 17.6 Å². The molecule has 0 atom stereocenters. The highest BCUT2D eigenvalue weighted by molar-refractivity contribution is 6.04. The van der Waals surface area contributed by atoms with Crippen LogP contribution in [0.15, 0.2) is 66.7 Å². The molecule has 6 nitrogen and oxygen atoms in total. The van der Waals surface area contributed by atoms with E-state index in [1.165, 1.54) is 0 Å². The molecule has 1 fully saturated rings. The molecule has 8 heteroatoms. The molecule has 36 heavy (non-hydrogen) atoms. The van der Waals surface area contributed by atoms with Gasteiger partial charge in [0.15, 0.2) is 0 Å². The lowest BCUT2D eigenvalue weighted by molar-refractivity contribution is 0.0954. The van der Waals surface area contributed by atoms with Crippen molar-refractivity contribution in [2.45, 2.75) is 26.2 Å². The second kappa shape index (κ2) is 11.7. The van der Waals surface area contributed by atoms with Crippen molar-refractivity contribution >= 4 is 29.0 Å². The van der Waals surface area contributed by atoms with Gasteiger partial charge in [0.2, 0.25) is 0 Å². The van der Waals surface area contributed by atoms with Gasteiger partial charge in [-0.2, -0.15) is 0 Å². The molecule has 3 N–H and O–H groups in total. The smallest absolute Gasteiger partial charge is 0.323 e. The lowest BCUT2D eigenvalue weighted by Gasteiger charge is -2.33. The Morgan fingerprint density at radius 3 is 2.42 bits per heavy atom. The average Bonchev–Trinajstić information content (AvgIpc) is 2.87. The summed E-state index contributed by atoms with van der Waals surface area (Å²) in [6, 6.07) is 17.3. The van der Waals surface area contributed by atoms with E-state index in [9.17, 15) is 18.4 Å². The van der Waals surface area contributed by atoms with E-state index in [1.54, 1.807) is 12.1 Å². The first kappa shape index (κ1) is 25.2. The highest BCUT2D eigenvalue weighted by Gasteiger charge is 2.22. The van der Waals surface area contributed by atoms with E-state index in [0.29, 0.717) is 36.2 Å². The number of hydrogen-bond acceptors (Lipinski definition) is 3. The van der Waals surface area contributed by atoms with E-state index in [0.717, 1.165) is 49.3 Å². The molecule has 1 saturated heterocycles. The van der Waals surface area contributed by atoms with Crippen LogP contribution in [0.3, 0.4) is 0 Å². The van der Waals surface area contributed by atoms with Crippen molar-refractivity contribution in [1.82, 2.24) is 5.32 Å². The molecule has 3 amide bonds. The molecule has 0 radical (unpaired) electrons. The van der Waals surface area contributed by atoms with Crippen LogP contribution in [0.2, 0.25) is 0 Å². The highest BCUT2D eigenvalue weighted by Crippen LogP contribution is 2.29. The summed E-state index contributed by atoms with van der Waals surface area (Å²) in [5.41, 5.74) is 2.64. The van der Waals surface area contributed by atoms with Gasteiger partial charge in [0.25, 0.3) is 5.91 Å². The second-order valence-electron chi connectivity index (χ2n) is 9.10. The molecule has 3 aromatic rings.